The van der Waals surface area contributed by atoms with Crippen molar-refractivity contribution < 1.29 is 0 Å². The van der Waals surface area contributed by atoms with E-state index in [1.165, 1.54) is 28.2 Å². The van der Waals surface area contributed by atoms with Gasteiger partial charge in [-0.1, -0.05) is 55.8 Å². The fourth-order valence-electron chi connectivity index (χ4n) is 3.99. The van der Waals surface area contributed by atoms with E-state index in [-0.39, 0.29) is 5.41 Å². The van der Waals surface area contributed by atoms with Crippen molar-refractivity contribution >= 4 is 11.4 Å². The molecule has 0 spiro atoms. The van der Waals surface area contributed by atoms with Gasteiger partial charge in [0.25, 0.3) is 0 Å². The first kappa shape index (κ1) is 14.3. The van der Waals surface area contributed by atoms with Gasteiger partial charge < -0.3 is 4.90 Å². The van der Waals surface area contributed by atoms with Crippen molar-refractivity contribution in [2.24, 2.45) is 0 Å². The Morgan fingerprint density at radius 3 is 2.57 bits per heavy atom. The summed E-state index contributed by atoms with van der Waals surface area (Å²) in [7, 11) is 0. The van der Waals surface area contributed by atoms with E-state index in [2.05, 4.69) is 86.4 Å². The van der Waals surface area contributed by atoms with Crippen LogP contribution < -0.4 is 4.90 Å². The summed E-state index contributed by atoms with van der Waals surface area (Å²) in [4.78, 5) is 2.44. The number of allylic oxidation sites excluding steroid dienone is 3. The summed E-state index contributed by atoms with van der Waals surface area (Å²) in [6, 6.07) is 17.6. The van der Waals surface area contributed by atoms with Crippen LogP contribution in [0.1, 0.15) is 37.8 Å². The van der Waals surface area contributed by atoms with Crippen LogP contribution in [0.2, 0.25) is 0 Å². The smallest absolute Gasteiger partial charge is 0.0502 e. The normalized spacial score (nSPS) is 18.7. The molecule has 2 aromatic rings. The zero-order chi connectivity index (χ0) is 16.0. The maximum Gasteiger partial charge on any atom is 0.0502 e. The Morgan fingerprint density at radius 1 is 1.00 bits per heavy atom. The number of hydrogen-bond donors (Lipinski definition) is 0. The molecular weight excluding hydrogens is 278 g/mol. The van der Waals surface area contributed by atoms with Gasteiger partial charge in [-0.3, -0.25) is 0 Å². The predicted molar refractivity (Wildman–Crippen MR) is 98.2 cm³/mol. The molecule has 1 aliphatic carbocycles. The monoisotopic (exact) mass is 301 g/mol. The van der Waals surface area contributed by atoms with Crippen molar-refractivity contribution in [3.8, 4) is 0 Å². The summed E-state index contributed by atoms with van der Waals surface area (Å²) in [5.74, 6) is 0. The lowest BCUT2D eigenvalue weighted by Gasteiger charge is -2.44. The second-order valence-corrected chi connectivity index (χ2v) is 7.12. The molecular formula is C22H23N. The summed E-state index contributed by atoms with van der Waals surface area (Å²) in [5.41, 5.74) is 8.35. The van der Waals surface area contributed by atoms with Gasteiger partial charge in [-0.05, 0) is 55.2 Å². The molecule has 2 aliphatic rings. The van der Waals surface area contributed by atoms with E-state index >= 15 is 0 Å². The first-order valence-corrected chi connectivity index (χ1v) is 8.45. The highest BCUT2D eigenvalue weighted by Crippen LogP contribution is 2.50. The Bertz CT molecular complexity index is 809. The van der Waals surface area contributed by atoms with Gasteiger partial charge in [-0.2, -0.15) is 0 Å². The van der Waals surface area contributed by atoms with E-state index in [4.69, 9.17) is 0 Å². The molecule has 116 valence electrons. The lowest BCUT2D eigenvalue weighted by Crippen LogP contribution is -2.34. The van der Waals surface area contributed by atoms with Crippen LogP contribution in [-0.4, -0.2) is 0 Å². The Kier molecular flexibility index (Phi) is 3.19. The van der Waals surface area contributed by atoms with Gasteiger partial charge in [-0.25, -0.2) is 0 Å². The molecule has 0 radical (unpaired) electrons. The van der Waals surface area contributed by atoms with E-state index in [1.807, 2.05) is 0 Å². The molecule has 4 rings (SSSR count). The molecule has 23 heavy (non-hydrogen) atoms. The van der Waals surface area contributed by atoms with Crippen molar-refractivity contribution in [2.45, 2.75) is 39.0 Å². The second-order valence-electron chi connectivity index (χ2n) is 7.12. The lowest BCUT2D eigenvalue weighted by molar-refractivity contribution is 0.570. The van der Waals surface area contributed by atoms with Gasteiger partial charge in [0, 0.05) is 16.8 Å². The molecule has 0 amide bonds. The molecule has 1 nitrogen and oxygen atoms in total. The Morgan fingerprint density at radius 2 is 1.78 bits per heavy atom. The summed E-state index contributed by atoms with van der Waals surface area (Å²) in [6.07, 6.45) is 6.92. The van der Waals surface area contributed by atoms with E-state index in [9.17, 15) is 0 Å². The van der Waals surface area contributed by atoms with Gasteiger partial charge in [-0.15, -0.1) is 0 Å². The largest absolute Gasteiger partial charge is 0.310 e. The Hall–Kier alpha value is -2.28. The molecule has 2 aromatic carbocycles. The molecule has 0 saturated heterocycles. The Labute approximate surface area is 139 Å². The molecule has 0 unspecified atom stereocenters. The minimum Gasteiger partial charge on any atom is -0.310 e. The summed E-state index contributed by atoms with van der Waals surface area (Å²) < 4.78 is 0. The number of benzene rings is 2. The molecule has 0 fully saturated rings. The van der Waals surface area contributed by atoms with E-state index in [0.717, 1.165) is 12.8 Å². The van der Waals surface area contributed by atoms with Gasteiger partial charge in [0.2, 0.25) is 0 Å². The minimum absolute atomic E-state index is 0.0900. The lowest BCUT2D eigenvalue weighted by atomic mass is 9.70. The minimum atomic E-state index is 0.0900. The van der Waals surface area contributed by atoms with Crippen molar-refractivity contribution in [2.75, 3.05) is 4.90 Å². The fourth-order valence-corrected chi connectivity index (χ4v) is 3.99. The maximum absolute atomic E-state index is 2.44. The summed E-state index contributed by atoms with van der Waals surface area (Å²) in [6.45, 7) is 6.94. The van der Waals surface area contributed by atoms with E-state index < -0.39 is 0 Å². The maximum atomic E-state index is 2.44. The molecule has 0 atom stereocenters. The highest BCUT2D eigenvalue weighted by Gasteiger charge is 2.38. The third-order valence-electron chi connectivity index (χ3n) is 5.22. The quantitative estimate of drug-likeness (QED) is 0.621. The van der Waals surface area contributed by atoms with Crippen molar-refractivity contribution in [1.29, 1.82) is 0 Å². The highest BCUT2D eigenvalue weighted by atomic mass is 15.2. The zero-order valence-electron chi connectivity index (χ0n) is 14.1. The first-order chi connectivity index (χ1) is 11.1. The molecule has 1 aliphatic heterocycles. The van der Waals surface area contributed by atoms with Gasteiger partial charge in [0.1, 0.15) is 0 Å². The van der Waals surface area contributed by atoms with Crippen molar-refractivity contribution in [1.82, 2.24) is 0 Å². The molecule has 0 saturated carbocycles. The van der Waals surface area contributed by atoms with Crippen LogP contribution in [0.15, 0.2) is 72.0 Å². The third kappa shape index (κ3) is 2.15. The van der Waals surface area contributed by atoms with E-state index in [1.54, 1.807) is 5.57 Å². The predicted octanol–water partition coefficient (Wildman–Crippen LogP) is 6.03. The number of fused-ring (bicyclic) bond motifs is 1. The van der Waals surface area contributed by atoms with Crippen LogP contribution in [0.25, 0.3) is 0 Å². The number of rotatable bonds is 1. The second kappa shape index (κ2) is 5.13. The molecule has 1 heterocycles. The number of nitrogens with zero attached hydrogens (tertiary/aromatic N) is 1. The molecule has 0 aromatic heterocycles. The van der Waals surface area contributed by atoms with Crippen molar-refractivity contribution in [3.63, 3.8) is 0 Å². The van der Waals surface area contributed by atoms with Crippen molar-refractivity contribution in [3.05, 3.63) is 83.1 Å². The van der Waals surface area contributed by atoms with Crippen LogP contribution in [0.5, 0.6) is 0 Å². The van der Waals surface area contributed by atoms with Crippen LogP contribution in [0.4, 0.5) is 11.4 Å². The standard InChI is InChI=1S/C22H23N/c1-16-13-14-21-19(15-16)22(2,3)18-11-7-8-12-20(18)23(21)17-9-5-4-6-10-17/h4-6,8-10,12-15H,7,11H2,1-3H3. The van der Waals surface area contributed by atoms with Gasteiger partial charge in [0.15, 0.2) is 0 Å². The van der Waals surface area contributed by atoms with Crippen LogP contribution >= 0.6 is 0 Å². The average molecular weight is 301 g/mol. The fraction of sp³-hybridized carbons (Fsp3) is 0.273. The van der Waals surface area contributed by atoms with E-state index in [0.29, 0.717) is 0 Å². The highest BCUT2D eigenvalue weighted by molar-refractivity contribution is 5.78. The van der Waals surface area contributed by atoms with Crippen LogP contribution in [0, 0.1) is 6.92 Å². The third-order valence-corrected chi connectivity index (χ3v) is 5.22. The van der Waals surface area contributed by atoms with Crippen LogP contribution in [-0.2, 0) is 5.41 Å². The number of para-hydroxylation sites is 1. The van der Waals surface area contributed by atoms with Crippen LogP contribution in [0.3, 0.4) is 0 Å². The Balaban J connectivity index is 2.02. The number of aryl methyl sites for hydroxylation is 1. The molecule has 0 bridgehead atoms. The van der Waals surface area contributed by atoms with Gasteiger partial charge in [0.05, 0.1) is 5.69 Å². The van der Waals surface area contributed by atoms with Gasteiger partial charge >= 0.3 is 0 Å². The number of hydrogen-bond acceptors (Lipinski definition) is 1. The zero-order valence-corrected chi connectivity index (χ0v) is 14.1. The molecule has 0 N–H and O–H groups in total. The summed E-state index contributed by atoms with van der Waals surface area (Å²) >= 11 is 0. The average Bonchev–Trinajstić information content (AvgIpc) is 2.57. The number of anilines is 2. The molecule has 1 heteroatoms. The topological polar surface area (TPSA) is 3.24 Å². The first-order valence-electron chi connectivity index (χ1n) is 8.45. The summed E-state index contributed by atoms with van der Waals surface area (Å²) in [5, 5.41) is 0. The SMILES string of the molecule is Cc1ccc2c(c1)C(C)(C)C1=C(C=CCC1)N2c1ccccc1.